The average Bonchev–Trinajstić information content (AvgIpc) is 2.84. The van der Waals surface area contributed by atoms with Gasteiger partial charge >= 0.3 is 0 Å². The van der Waals surface area contributed by atoms with Crippen LogP contribution in [-0.2, 0) is 0 Å². The third kappa shape index (κ3) is 2.27. The van der Waals surface area contributed by atoms with Crippen molar-refractivity contribution in [3.63, 3.8) is 0 Å². The van der Waals surface area contributed by atoms with Crippen molar-refractivity contribution in [1.29, 1.82) is 0 Å². The lowest BCUT2D eigenvalue weighted by Gasteiger charge is -2.07. The largest absolute Gasteiger partial charge is 0.382 e. The van der Waals surface area contributed by atoms with Gasteiger partial charge in [-0.15, -0.1) is 0 Å². The van der Waals surface area contributed by atoms with Crippen LogP contribution >= 0.6 is 0 Å². The maximum absolute atomic E-state index is 14.1. The number of rotatable bonds is 2. The summed E-state index contributed by atoms with van der Waals surface area (Å²) in [6.07, 6.45) is 0. The summed E-state index contributed by atoms with van der Waals surface area (Å²) in [5.74, 6) is -0.710. The van der Waals surface area contributed by atoms with Crippen molar-refractivity contribution in [3.05, 3.63) is 59.7 Å². The molecule has 0 aliphatic rings. The van der Waals surface area contributed by atoms with Crippen LogP contribution in [0.4, 0.5) is 14.6 Å². The number of nitrogens with zero attached hydrogens (tertiary/aromatic N) is 1. The van der Waals surface area contributed by atoms with Crippen LogP contribution in [-0.4, -0.2) is 10.2 Å². The fourth-order valence-corrected chi connectivity index (χ4v) is 2.32. The van der Waals surface area contributed by atoms with Crippen molar-refractivity contribution in [2.45, 2.75) is 6.92 Å². The van der Waals surface area contributed by atoms with Gasteiger partial charge in [0.15, 0.2) is 5.82 Å². The van der Waals surface area contributed by atoms with Gasteiger partial charge in [0.25, 0.3) is 0 Å². The number of nitrogens with two attached hydrogens (primary N) is 1. The molecule has 0 spiro atoms. The van der Waals surface area contributed by atoms with Crippen LogP contribution in [0.1, 0.15) is 5.56 Å². The number of hydrogen-bond acceptors (Lipinski definition) is 2. The third-order valence-electron chi connectivity index (χ3n) is 3.33. The smallest absolute Gasteiger partial charge is 0.153 e. The van der Waals surface area contributed by atoms with E-state index in [1.54, 1.807) is 30.3 Å². The molecule has 0 amide bonds. The predicted octanol–water partition coefficient (Wildman–Crippen LogP) is 3.91. The number of hydrogen-bond donors (Lipinski definition) is 2. The SMILES string of the molecule is Cc1ccc(F)c(-c2[nH]nc(N)c2-c2ccccc2F)c1. The van der Waals surface area contributed by atoms with Crippen LogP contribution in [0.5, 0.6) is 0 Å². The third-order valence-corrected chi connectivity index (χ3v) is 3.33. The monoisotopic (exact) mass is 285 g/mol. The van der Waals surface area contributed by atoms with Crippen molar-refractivity contribution in [2.24, 2.45) is 0 Å². The number of benzene rings is 2. The Morgan fingerprint density at radius 2 is 1.71 bits per heavy atom. The topological polar surface area (TPSA) is 54.7 Å². The molecule has 0 fully saturated rings. The average molecular weight is 285 g/mol. The van der Waals surface area contributed by atoms with E-state index < -0.39 is 11.6 Å². The molecular formula is C16H13F2N3. The Hall–Kier alpha value is -2.69. The van der Waals surface area contributed by atoms with Crippen molar-refractivity contribution in [2.75, 3.05) is 5.73 Å². The van der Waals surface area contributed by atoms with Gasteiger partial charge in [0.1, 0.15) is 11.6 Å². The first-order chi connectivity index (χ1) is 10.1. The van der Waals surface area contributed by atoms with E-state index >= 15 is 0 Å². The molecule has 106 valence electrons. The minimum atomic E-state index is -0.431. The molecule has 5 heteroatoms. The highest BCUT2D eigenvalue weighted by molar-refractivity contribution is 5.88. The number of halogens is 2. The second-order valence-corrected chi connectivity index (χ2v) is 4.82. The lowest BCUT2D eigenvalue weighted by molar-refractivity contribution is 0.628. The highest BCUT2D eigenvalue weighted by atomic mass is 19.1. The Bertz CT molecular complexity index is 809. The molecule has 0 aliphatic carbocycles. The molecular weight excluding hydrogens is 272 g/mol. The Kier molecular flexibility index (Phi) is 3.17. The molecule has 1 heterocycles. The van der Waals surface area contributed by atoms with E-state index in [4.69, 9.17) is 5.73 Å². The highest BCUT2D eigenvalue weighted by Gasteiger charge is 2.19. The van der Waals surface area contributed by atoms with Crippen molar-refractivity contribution in [1.82, 2.24) is 10.2 Å². The predicted molar refractivity (Wildman–Crippen MR) is 78.5 cm³/mol. The molecule has 3 rings (SSSR count). The van der Waals surface area contributed by atoms with Gasteiger partial charge in [-0.3, -0.25) is 5.10 Å². The lowest BCUT2D eigenvalue weighted by atomic mass is 9.99. The molecule has 3 nitrogen and oxygen atoms in total. The van der Waals surface area contributed by atoms with Crippen LogP contribution in [0.25, 0.3) is 22.4 Å². The molecule has 3 N–H and O–H groups in total. The number of H-pyrrole nitrogens is 1. The van der Waals surface area contributed by atoms with Crippen LogP contribution in [0.3, 0.4) is 0 Å². The summed E-state index contributed by atoms with van der Waals surface area (Å²) in [7, 11) is 0. The number of aryl methyl sites for hydroxylation is 1. The second-order valence-electron chi connectivity index (χ2n) is 4.82. The van der Waals surface area contributed by atoms with Crippen LogP contribution in [0, 0.1) is 18.6 Å². The zero-order valence-corrected chi connectivity index (χ0v) is 11.3. The first kappa shape index (κ1) is 13.3. The van der Waals surface area contributed by atoms with E-state index in [2.05, 4.69) is 10.2 Å². The van der Waals surface area contributed by atoms with Gasteiger partial charge in [0.05, 0.1) is 11.3 Å². The van der Waals surface area contributed by atoms with Crippen LogP contribution in [0.15, 0.2) is 42.5 Å². The summed E-state index contributed by atoms with van der Waals surface area (Å²) in [4.78, 5) is 0. The number of anilines is 1. The molecule has 0 aliphatic heterocycles. The summed E-state index contributed by atoms with van der Waals surface area (Å²) in [6, 6.07) is 10.9. The number of aromatic amines is 1. The number of nitrogen functional groups attached to an aromatic ring is 1. The van der Waals surface area contributed by atoms with Gasteiger partial charge in [-0.05, 0) is 25.1 Å². The van der Waals surface area contributed by atoms with E-state index in [0.717, 1.165) is 5.56 Å². The molecule has 0 atom stereocenters. The maximum atomic E-state index is 14.1. The summed E-state index contributed by atoms with van der Waals surface area (Å²) in [5, 5.41) is 6.60. The van der Waals surface area contributed by atoms with Crippen LogP contribution < -0.4 is 5.73 Å². The van der Waals surface area contributed by atoms with Crippen molar-refractivity contribution < 1.29 is 8.78 Å². The first-order valence-electron chi connectivity index (χ1n) is 6.43. The zero-order valence-electron chi connectivity index (χ0n) is 11.3. The molecule has 1 aromatic heterocycles. The first-order valence-corrected chi connectivity index (χ1v) is 6.43. The Balaban J connectivity index is 2.27. The molecule has 0 saturated carbocycles. The molecule has 0 bridgehead atoms. The van der Waals surface area contributed by atoms with Gasteiger partial charge in [0.2, 0.25) is 0 Å². The highest BCUT2D eigenvalue weighted by Crippen LogP contribution is 2.37. The summed E-state index contributed by atoms with van der Waals surface area (Å²) in [6.45, 7) is 1.85. The molecule has 0 unspecified atom stereocenters. The van der Waals surface area contributed by atoms with Crippen LogP contribution in [0.2, 0.25) is 0 Å². The minimum Gasteiger partial charge on any atom is -0.382 e. The molecule has 0 saturated heterocycles. The van der Waals surface area contributed by atoms with Crippen molar-refractivity contribution in [3.8, 4) is 22.4 Å². The normalized spacial score (nSPS) is 10.8. The lowest BCUT2D eigenvalue weighted by Crippen LogP contribution is -1.93. The van der Waals surface area contributed by atoms with E-state index in [9.17, 15) is 8.78 Å². The minimum absolute atomic E-state index is 0.135. The van der Waals surface area contributed by atoms with Gasteiger partial charge in [-0.1, -0.05) is 29.8 Å². The zero-order chi connectivity index (χ0) is 15.0. The maximum Gasteiger partial charge on any atom is 0.153 e. The molecule has 3 aromatic rings. The standard InChI is InChI=1S/C16H13F2N3/c1-9-6-7-13(18)11(8-9)15-14(16(19)21-20-15)10-4-2-3-5-12(10)17/h2-8H,1H3,(H3,19,20,21). The molecule has 2 aromatic carbocycles. The van der Waals surface area contributed by atoms with E-state index in [1.165, 1.54) is 12.1 Å². The fourth-order valence-electron chi connectivity index (χ4n) is 2.32. The Labute approximate surface area is 120 Å². The number of nitrogens with one attached hydrogen (secondary N) is 1. The summed E-state index contributed by atoms with van der Waals surface area (Å²) in [5.41, 5.74) is 8.08. The van der Waals surface area contributed by atoms with E-state index in [1.807, 2.05) is 6.92 Å². The fraction of sp³-hybridized carbons (Fsp3) is 0.0625. The van der Waals surface area contributed by atoms with Crippen molar-refractivity contribution >= 4 is 5.82 Å². The van der Waals surface area contributed by atoms with Gasteiger partial charge in [-0.2, -0.15) is 5.10 Å². The van der Waals surface area contributed by atoms with Gasteiger partial charge < -0.3 is 5.73 Å². The second kappa shape index (κ2) is 5.01. The molecule has 21 heavy (non-hydrogen) atoms. The molecule has 0 radical (unpaired) electrons. The Morgan fingerprint density at radius 1 is 1.00 bits per heavy atom. The van der Waals surface area contributed by atoms with Gasteiger partial charge in [-0.25, -0.2) is 8.78 Å². The van der Waals surface area contributed by atoms with E-state index in [-0.39, 0.29) is 5.82 Å². The number of aromatic nitrogens is 2. The van der Waals surface area contributed by atoms with Gasteiger partial charge in [0, 0.05) is 11.1 Å². The Morgan fingerprint density at radius 3 is 2.48 bits per heavy atom. The summed E-state index contributed by atoms with van der Waals surface area (Å²) >= 11 is 0. The quantitative estimate of drug-likeness (QED) is 0.750. The van der Waals surface area contributed by atoms with E-state index in [0.29, 0.717) is 22.4 Å². The summed E-state index contributed by atoms with van der Waals surface area (Å²) < 4.78 is 28.1.